The molecule has 3 aliphatic heterocycles. The molecule has 1 amide bonds. The Morgan fingerprint density at radius 3 is 2.71 bits per heavy atom. The topological polar surface area (TPSA) is 48.0 Å². The lowest BCUT2D eigenvalue weighted by molar-refractivity contribution is -0.137. The number of rotatable bonds is 2. The van der Waals surface area contributed by atoms with Gasteiger partial charge in [0.2, 0.25) is 5.91 Å². The van der Waals surface area contributed by atoms with E-state index in [-0.39, 0.29) is 17.9 Å². The summed E-state index contributed by atoms with van der Waals surface area (Å²) in [5.41, 5.74) is 2.11. The zero-order valence-corrected chi connectivity index (χ0v) is 16.3. The minimum absolute atomic E-state index is 0.0732. The highest BCUT2D eigenvalue weighted by Gasteiger charge is 2.36. The van der Waals surface area contributed by atoms with E-state index in [1.807, 2.05) is 35.2 Å². The predicted octanol–water partition coefficient (Wildman–Crippen LogP) is 4.03. The molecule has 0 saturated carbocycles. The smallest absolute Gasteiger partial charge is 0.229 e. The Morgan fingerprint density at radius 2 is 1.82 bits per heavy atom. The van der Waals surface area contributed by atoms with Crippen molar-refractivity contribution in [1.82, 2.24) is 4.90 Å². The molecule has 5 rings (SSSR count). The highest BCUT2D eigenvalue weighted by atomic mass is 35.5. The van der Waals surface area contributed by atoms with E-state index < -0.39 is 0 Å². The van der Waals surface area contributed by atoms with Crippen LogP contribution in [0, 0.1) is 5.92 Å². The van der Waals surface area contributed by atoms with Gasteiger partial charge in [0.15, 0.2) is 11.5 Å². The van der Waals surface area contributed by atoms with Crippen LogP contribution < -0.4 is 14.2 Å². The molecule has 2 aromatic carbocycles. The standard InChI is InChI=1S/C22H22ClNO4/c23-17-4-6-19-15(11-17)10-16(13-28-19)22(25)24-7-1-2-18(24)14-3-5-20-21(12-14)27-9-8-26-20/h3-6,11-12,16,18H,1-2,7-10,13H2/t16-,18-/m0/s1. The molecule has 5 nitrogen and oxygen atoms in total. The number of carbonyl (C=O) groups excluding carboxylic acids is 1. The van der Waals surface area contributed by atoms with E-state index in [0.717, 1.165) is 47.8 Å². The molecule has 0 N–H and O–H groups in total. The molecule has 2 atom stereocenters. The first-order valence-electron chi connectivity index (χ1n) is 9.80. The van der Waals surface area contributed by atoms with Crippen molar-refractivity contribution in [3.8, 4) is 17.2 Å². The van der Waals surface area contributed by atoms with Gasteiger partial charge in [-0.15, -0.1) is 0 Å². The first-order chi connectivity index (χ1) is 13.7. The van der Waals surface area contributed by atoms with Crippen LogP contribution in [-0.2, 0) is 11.2 Å². The SMILES string of the molecule is O=C([C@@H]1COc2ccc(Cl)cc2C1)N1CCC[C@H]1c1ccc2c(c1)OCCO2. The van der Waals surface area contributed by atoms with Crippen molar-refractivity contribution in [2.24, 2.45) is 5.92 Å². The largest absolute Gasteiger partial charge is 0.492 e. The lowest BCUT2D eigenvalue weighted by Gasteiger charge is -2.32. The van der Waals surface area contributed by atoms with E-state index >= 15 is 0 Å². The monoisotopic (exact) mass is 399 g/mol. The van der Waals surface area contributed by atoms with E-state index in [2.05, 4.69) is 6.07 Å². The highest BCUT2D eigenvalue weighted by molar-refractivity contribution is 6.30. The van der Waals surface area contributed by atoms with Crippen LogP contribution in [-0.4, -0.2) is 37.2 Å². The molecule has 0 bridgehead atoms. The summed E-state index contributed by atoms with van der Waals surface area (Å²) in [6.07, 6.45) is 2.63. The molecule has 2 aromatic rings. The molecule has 3 heterocycles. The normalized spacial score (nSPS) is 23.1. The Bertz CT molecular complexity index is 915. The number of hydrogen-bond acceptors (Lipinski definition) is 4. The van der Waals surface area contributed by atoms with Crippen LogP contribution in [0.25, 0.3) is 0 Å². The van der Waals surface area contributed by atoms with Crippen molar-refractivity contribution in [2.75, 3.05) is 26.4 Å². The number of halogens is 1. The summed E-state index contributed by atoms with van der Waals surface area (Å²) in [6, 6.07) is 11.7. The number of carbonyl (C=O) groups is 1. The second-order valence-corrected chi connectivity index (χ2v) is 7.99. The van der Waals surface area contributed by atoms with Crippen LogP contribution in [0.15, 0.2) is 36.4 Å². The average molecular weight is 400 g/mol. The van der Waals surface area contributed by atoms with Crippen LogP contribution in [0.1, 0.15) is 30.0 Å². The van der Waals surface area contributed by atoms with Crippen LogP contribution in [0.3, 0.4) is 0 Å². The first-order valence-corrected chi connectivity index (χ1v) is 10.2. The van der Waals surface area contributed by atoms with Gasteiger partial charge in [-0.05, 0) is 60.7 Å². The summed E-state index contributed by atoms with van der Waals surface area (Å²) in [5, 5.41) is 0.672. The minimum atomic E-state index is -0.177. The molecule has 28 heavy (non-hydrogen) atoms. The number of benzene rings is 2. The van der Waals surface area contributed by atoms with E-state index in [4.69, 9.17) is 25.8 Å². The number of nitrogens with zero attached hydrogens (tertiary/aromatic N) is 1. The van der Waals surface area contributed by atoms with Gasteiger partial charge in [-0.25, -0.2) is 0 Å². The third-order valence-electron chi connectivity index (χ3n) is 5.76. The maximum Gasteiger partial charge on any atom is 0.229 e. The lowest BCUT2D eigenvalue weighted by atomic mass is 9.94. The fraction of sp³-hybridized carbons (Fsp3) is 0.409. The van der Waals surface area contributed by atoms with Crippen molar-refractivity contribution in [3.05, 3.63) is 52.5 Å². The van der Waals surface area contributed by atoms with Crippen LogP contribution in [0.4, 0.5) is 0 Å². The lowest BCUT2D eigenvalue weighted by Crippen LogP contribution is -2.40. The molecule has 1 saturated heterocycles. The molecule has 3 aliphatic rings. The number of ether oxygens (including phenoxy) is 3. The van der Waals surface area contributed by atoms with Crippen molar-refractivity contribution < 1.29 is 19.0 Å². The number of amides is 1. The van der Waals surface area contributed by atoms with Gasteiger partial charge in [0.1, 0.15) is 25.6 Å². The summed E-state index contributed by atoms with van der Waals surface area (Å²) < 4.78 is 17.2. The van der Waals surface area contributed by atoms with Gasteiger partial charge in [0, 0.05) is 11.6 Å². The average Bonchev–Trinajstić information content (AvgIpc) is 3.22. The fourth-order valence-corrected chi connectivity index (χ4v) is 4.60. The molecule has 0 radical (unpaired) electrons. The fourth-order valence-electron chi connectivity index (χ4n) is 4.40. The third-order valence-corrected chi connectivity index (χ3v) is 6.00. The summed E-state index contributed by atoms with van der Waals surface area (Å²) >= 11 is 6.12. The number of fused-ring (bicyclic) bond motifs is 2. The summed E-state index contributed by atoms with van der Waals surface area (Å²) in [7, 11) is 0. The molecule has 1 fully saturated rings. The third kappa shape index (κ3) is 3.18. The molecular weight excluding hydrogens is 378 g/mol. The second kappa shape index (κ2) is 7.21. The Labute approximate surface area is 169 Å². The molecule has 0 aromatic heterocycles. The van der Waals surface area contributed by atoms with Crippen LogP contribution in [0.2, 0.25) is 5.02 Å². The van der Waals surface area contributed by atoms with Gasteiger partial charge in [0.25, 0.3) is 0 Å². The Morgan fingerprint density at radius 1 is 1.00 bits per heavy atom. The van der Waals surface area contributed by atoms with Gasteiger partial charge in [0.05, 0.1) is 12.0 Å². The van der Waals surface area contributed by atoms with Gasteiger partial charge in [-0.1, -0.05) is 17.7 Å². The molecule has 0 spiro atoms. The minimum Gasteiger partial charge on any atom is -0.492 e. The van der Waals surface area contributed by atoms with Crippen molar-refractivity contribution in [1.29, 1.82) is 0 Å². The molecule has 6 heteroatoms. The van der Waals surface area contributed by atoms with Gasteiger partial charge < -0.3 is 19.1 Å². The first kappa shape index (κ1) is 17.7. The van der Waals surface area contributed by atoms with Crippen LogP contribution >= 0.6 is 11.6 Å². The van der Waals surface area contributed by atoms with Gasteiger partial charge >= 0.3 is 0 Å². The zero-order chi connectivity index (χ0) is 19.1. The van der Waals surface area contributed by atoms with E-state index in [0.29, 0.717) is 31.3 Å². The molecule has 0 aliphatic carbocycles. The maximum atomic E-state index is 13.3. The summed E-state index contributed by atoms with van der Waals surface area (Å²) in [5.74, 6) is 2.36. The van der Waals surface area contributed by atoms with Crippen molar-refractivity contribution in [3.63, 3.8) is 0 Å². The second-order valence-electron chi connectivity index (χ2n) is 7.56. The van der Waals surface area contributed by atoms with E-state index in [1.54, 1.807) is 0 Å². The quantitative estimate of drug-likeness (QED) is 0.765. The number of hydrogen-bond donors (Lipinski definition) is 0. The predicted molar refractivity (Wildman–Crippen MR) is 105 cm³/mol. The Hall–Kier alpha value is -2.40. The van der Waals surface area contributed by atoms with Gasteiger partial charge in [-0.3, -0.25) is 4.79 Å². The zero-order valence-electron chi connectivity index (χ0n) is 15.5. The number of likely N-dealkylation sites (tertiary alicyclic amines) is 1. The van der Waals surface area contributed by atoms with E-state index in [9.17, 15) is 4.79 Å². The van der Waals surface area contributed by atoms with Crippen molar-refractivity contribution >= 4 is 17.5 Å². The van der Waals surface area contributed by atoms with Crippen molar-refractivity contribution in [2.45, 2.75) is 25.3 Å². The summed E-state index contributed by atoms with van der Waals surface area (Å²) in [4.78, 5) is 15.3. The Balaban J connectivity index is 1.36. The Kier molecular flexibility index (Phi) is 4.55. The molecule has 146 valence electrons. The molecular formula is C22H22ClNO4. The van der Waals surface area contributed by atoms with Crippen LogP contribution in [0.5, 0.6) is 17.2 Å². The molecule has 0 unspecified atom stereocenters. The van der Waals surface area contributed by atoms with E-state index in [1.165, 1.54) is 0 Å². The summed E-state index contributed by atoms with van der Waals surface area (Å²) in [6.45, 7) is 2.33. The highest BCUT2D eigenvalue weighted by Crippen LogP contribution is 2.39. The maximum absolute atomic E-state index is 13.3. The van der Waals surface area contributed by atoms with Gasteiger partial charge in [-0.2, -0.15) is 0 Å².